The molecule has 3 rings (SSSR count). The standard InChI is InChI=1S/C19H15ClFN3O/c1-12-6-7-14(20)9-18(12)23-15-8-13(10-22-11-15)19(25)24-17-5-3-2-4-16(17)21/h2-11,23H,1H3,(H,24,25). The van der Waals surface area contributed by atoms with Crippen LogP contribution in [0.5, 0.6) is 0 Å². The smallest absolute Gasteiger partial charge is 0.257 e. The molecule has 126 valence electrons. The molecule has 0 aliphatic heterocycles. The van der Waals surface area contributed by atoms with Crippen molar-refractivity contribution in [2.45, 2.75) is 6.92 Å². The Labute approximate surface area is 149 Å². The third-order valence-corrected chi connectivity index (χ3v) is 3.84. The number of halogens is 2. The second-order valence-electron chi connectivity index (χ2n) is 5.48. The highest BCUT2D eigenvalue weighted by Gasteiger charge is 2.10. The van der Waals surface area contributed by atoms with E-state index in [0.717, 1.165) is 11.3 Å². The van der Waals surface area contributed by atoms with Crippen molar-refractivity contribution in [3.63, 3.8) is 0 Å². The molecule has 0 spiro atoms. The summed E-state index contributed by atoms with van der Waals surface area (Å²) < 4.78 is 13.7. The number of carbonyl (C=O) groups excluding carboxylic acids is 1. The number of para-hydroxylation sites is 1. The van der Waals surface area contributed by atoms with Crippen LogP contribution in [0.15, 0.2) is 60.9 Å². The Balaban J connectivity index is 1.80. The molecule has 0 radical (unpaired) electrons. The number of nitrogens with one attached hydrogen (secondary N) is 2. The third kappa shape index (κ3) is 4.14. The number of rotatable bonds is 4. The van der Waals surface area contributed by atoms with Gasteiger partial charge in [-0.2, -0.15) is 0 Å². The maximum Gasteiger partial charge on any atom is 0.257 e. The normalized spacial score (nSPS) is 10.4. The predicted molar refractivity (Wildman–Crippen MR) is 98.1 cm³/mol. The molecule has 3 aromatic rings. The van der Waals surface area contributed by atoms with Crippen LogP contribution < -0.4 is 10.6 Å². The fourth-order valence-corrected chi connectivity index (χ4v) is 2.45. The van der Waals surface area contributed by atoms with Crippen molar-refractivity contribution < 1.29 is 9.18 Å². The van der Waals surface area contributed by atoms with Gasteiger partial charge in [0.2, 0.25) is 0 Å². The molecule has 0 aliphatic carbocycles. The summed E-state index contributed by atoms with van der Waals surface area (Å²) in [6, 6.07) is 13.1. The van der Waals surface area contributed by atoms with Gasteiger partial charge in [0.15, 0.2) is 0 Å². The molecule has 25 heavy (non-hydrogen) atoms. The maximum atomic E-state index is 13.7. The Morgan fingerprint density at radius 3 is 2.68 bits per heavy atom. The van der Waals surface area contributed by atoms with E-state index in [0.29, 0.717) is 16.3 Å². The van der Waals surface area contributed by atoms with Crippen molar-refractivity contribution in [1.29, 1.82) is 0 Å². The molecule has 4 nitrogen and oxygen atoms in total. The second-order valence-corrected chi connectivity index (χ2v) is 5.92. The topological polar surface area (TPSA) is 54.0 Å². The van der Waals surface area contributed by atoms with E-state index in [4.69, 9.17) is 11.6 Å². The lowest BCUT2D eigenvalue weighted by Crippen LogP contribution is -2.13. The molecule has 2 aromatic carbocycles. The van der Waals surface area contributed by atoms with Gasteiger partial charge in [-0.1, -0.05) is 29.8 Å². The van der Waals surface area contributed by atoms with Gasteiger partial charge >= 0.3 is 0 Å². The first kappa shape index (κ1) is 16.9. The molecule has 1 heterocycles. The van der Waals surface area contributed by atoms with Gasteiger partial charge in [0, 0.05) is 16.9 Å². The fourth-order valence-electron chi connectivity index (χ4n) is 2.27. The van der Waals surface area contributed by atoms with Gasteiger partial charge in [0.25, 0.3) is 5.91 Å². The van der Waals surface area contributed by atoms with Crippen molar-refractivity contribution in [2.24, 2.45) is 0 Å². The summed E-state index contributed by atoms with van der Waals surface area (Å²) in [6.45, 7) is 1.95. The Kier molecular flexibility index (Phi) is 4.95. The van der Waals surface area contributed by atoms with E-state index >= 15 is 0 Å². The molecule has 0 fully saturated rings. The van der Waals surface area contributed by atoms with Gasteiger partial charge in [-0.15, -0.1) is 0 Å². The van der Waals surface area contributed by atoms with Crippen LogP contribution in [0.4, 0.5) is 21.5 Å². The first-order valence-corrected chi connectivity index (χ1v) is 7.95. The van der Waals surface area contributed by atoms with Crippen LogP contribution in [0.2, 0.25) is 5.02 Å². The summed E-state index contributed by atoms with van der Waals surface area (Å²) in [4.78, 5) is 16.4. The van der Waals surface area contributed by atoms with Gasteiger partial charge in [-0.25, -0.2) is 4.39 Å². The summed E-state index contributed by atoms with van der Waals surface area (Å²) in [7, 11) is 0. The molecule has 0 bridgehead atoms. The fraction of sp³-hybridized carbons (Fsp3) is 0.0526. The van der Waals surface area contributed by atoms with E-state index in [1.54, 1.807) is 36.5 Å². The molecular formula is C19H15ClFN3O. The summed E-state index contributed by atoms with van der Waals surface area (Å²) in [5.41, 5.74) is 2.89. The number of hydrogen-bond donors (Lipinski definition) is 2. The van der Waals surface area contributed by atoms with Crippen LogP contribution in [0, 0.1) is 12.7 Å². The molecule has 0 saturated heterocycles. The lowest BCUT2D eigenvalue weighted by molar-refractivity contribution is 0.102. The van der Waals surface area contributed by atoms with Crippen LogP contribution >= 0.6 is 11.6 Å². The number of hydrogen-bond acceptors (Lipinski definition) is 3. The van der Waals surface area contributed by atoms with Crippen molar-refractivity contribution in [3.05, 3.63) is 82.9 Å². The molecule has 0 atom stereocenters. The molecule has 1 amide bonds. The highest BCUT2D eigenvalue weighted by Crippen LogP contribution is 2.24. The third-order valence-electron chi connectivity index (χ3n) is 3.60. The van der Waals surface area contributed by atoms with Gasteiger partial charge in [0.05, 0.1) is 23.1 Å². The molecular weight excluding hydrogens is 341 g/mol. The number of pyridine rings is 1. The monoisotopic (exact) mass is 355 g/mol. The van der Waals surface area contributed by atoms with Crippen molar-refractivity contribution in [2.75, 3.05) is 10.6 Å². The molecule has 0 unspecified atom stereocenters. The first-order chi connectivity index (χ1) is 12.0. The highest BCUT2D eigenvalue weighted by molar-refractivity contribution is 6.30. The summed E-state index contributed by atoms with van der Waals surface area (Å²) in [6.07, 6.45) is 3.02. The minimum Gasteiger partial charge on any atom is -0.354 e. The van der Waals surface area contributed by atoms with E-state index in [1.165, 1.54) is 18.3 Å². The van der Waals surface area contributed by atoms with E-state index in [1.807, 2.05) is 13.0 Å². The predicted octanol–water partition coefficient (Wildman–Crippen LogP) is 5.18. The van der Waals surface area contributed by atoms with Crippen molar-refractivity contribution in [3.8, 4) is 0 Å². The maximum absolute atomic E-state index is 13.7. The molecule has 2 N–H and O–H groups in total. The number of anilines is 3. The van der Waals surface area contributed by atoms with E-state index in [2.05, 4.69) is 15.6 Å². The van der Waals surface area contributed by atoms with Gasteiger partial charge < -0.3 is 10.6 Å². The van der Waals surface area contributed by atoms with Crippen LogP contribution in [-0.4, -0.2) is 10.9 Å². The Hall–Kier alpha value is -2.92. The average molecular weight is 356 g/mol. The summed E-state index contributed by atoms with van der Waals surface area (Å²) in [5, 5.41) is 6.32. The van der Waals surface area contributed by atoms with Gasteiger partial charge in [0.1, 0.15) is 5.82 Å². The zero-order chi connectivity index (χ0) is 17.8. The SMILES string of the molecule is Cc1ccc(Cl)cc1Nc1cncc(C(=O)Nc2ccccc2F)c1. The number of benzene rings is 2. The summed E-state index contributed by atoms with van der Waals surface area (Å²) in [5.74, 6) is -0.934. The van der Waals surface area contributed by atoms with Crippen LogP contribution in [0.25, 0.3) is 0 Å². The molecule has 0 saturated carbocycles. The van der Waals surface area contributed by atoms with Gasteiger partial charge in [-0.05, 0) is 42.8 Å². The quantitative estimate of drug-likeness (QED) is 0.678. The van der Waals surface area contributed by atoms with Gasteiger partial charge in [-0.3, -0.25) is 9.78 Å². The number of carbonyl (C=O) groups is 1. The largest absolute Gasteiger partial charge is 0.354 e. The van der Waals surface area contributed by atoms with Crippen LogP contribution in [0.1, 0.15) is 15.9 Å². The molecule has 6 heteroatoms. The molecule has 1 aromatic heterocycles. The second kappa shape index (κ2) is 7.32. The van der Waals surface area contributed by atoms with Crippen molar-refractivity contribution in [1.82, 2.24) is 4.98 Å². The minimum absolute atomic E-state index is 0.122. The lowest BCUT2D eigenvalue weighted by atomic mass is 10.2. The first-order valence-electron chi connectivity index (χ1n) is 7.57. The number of amides is 1. The Bertz CT molecular complexity index is 930. The zero-order valence-corrected chi connectivity index (χ0v) is 14.1. The lowest BCUT2D eigenvalue weighted by Gasteiger charge is -2.11. The summed E-state index contributed by atoms with van der Waals surface area (Å²) >= 11 is 6.01. The highest BCUT2D eigenvalue weighted by atomic mass is 35.5. The Morgan fingerprint density at radius 1 is 1.08 bits per heavy atom. The van der Waals surface area contributed by atoms with Crippen LogP contribution in [-0.2, 0) is 0 Å². The van der Waals surface area contributed by atoms with E-state index < -0.39 is 11.7 Å². The number of aryl methyl sites for hydroxylation is 1. The average Bonchev–Trinajstić information content (AvgIpc) is 2.60. The van der Waals surface area contributed by atoms with E-state index in [9.17, 15) is 9.18 Å². The Morgan fingerprint density at radius 2 is 1.88 bits per heavy atom. The number of aromatic nitrogens is 1. The van der Waals surface area contributed by atoms with E-state index in [-0.39, 0.29) is 5.69 Å². The van der Waals surface area contributed by atoms with Crippen LogP contribution in [0.3, 0.4) is 0 Å². The zero-order valence-electron chi connectivity index (χ0n) is 13.4. The minimum atomic E-state index is -0.493. The molecule has 0 aliphatic rings. The van der Waals surface area contributed by atoms with Crippen molar-refractivity contribution >= 4 is 34.6 Å². The number of nitrogens with zero attached hydrogens (tertiary/aromatic N) is 1.